The summed E-state index contributed by atoms with van der Waals surface area (Å²) < 4.78 is 13.5. The number of carbonyl (C=O) groups excluding carboxylic acids is 2. The Morgan fingerprint density at radius 3 is 2.39 bits per heavy atom. The zero-order chi connectivity index (χ0) is 21.8. The molecule has 0 unspecified atom stereocenters. The molecule has 1 heterocycles. The molecule has 0 amide bonds. The molecule has 0 aliphatic heterocycles. The van der Waals surface area contributed by atoms with Crippen molar-refractivity contribution in [2.45, 2.75) is 26.9 Å². The number of rotatable bonds is 7. The normalized spacial score (nSPS) is 10.8. The Labute approximate surface area is 196 Å². The van der Waals surface area contributed by atoms with Gasteiger partial charge in [-0.15, -0.1) is 12.4 Å². The van der Waals surface area contributed by atoms with Crippen molar-refractivity contribution in [3.8, 4) is 5.75 Å². The highest BCUT2D eigenvalue weighted by Gasteiger charge is 2.25. The number of esters is 2. The van der Waals surface area contributed by atoms with Crippen LogP contribution >= 0.6 is 28.3 Å². The molecule has 3 aromatic rings. The van der Waals surface area contributed by atoms with E-state index in [4.69, 9.17) is 9.47 Å². The monoisotopic (exact) mass is 508 g/mol. The van der Waals surface area contributed by atoms with Crippen molar-refractivity contribution >= 4 is 51.2 Å². The fraction of sp³-hybridized carbons (Fsp3) is 0.304. The SMILES string of the molecule is CCOC(=O)c1c(CN(C)C)n(Cc2ccccc2)c2cc(Br)c(OC(C)=O)cc12.Cl. The largest absolute Gasteiger partial charge is 0.462 e. The molecule has 8 heteroatoms. The van der Waals surface area contributed by atoms with E-state index in [1.54, 1.807) is 13.0 Å². The number of carbonyl (C=O) groups is 2. The summed E-state index contributed by atoms with van der Waals surface area (Å²) in [6, 6.07) is 13.7. The Morgan fingerprint density at radius 1 is 1.13 bits per heavy atom. The highest BCUT2D eigenvalue weighted by molar-refractivity contribution is 9.10. The molecule has 0 spiro atoms. The molecule has 0 fully saturated rings. The lowest BCUT2D eigenvalue weighted by atomic mass is 10.1. The van der Waals surface area contributed by atoms with Gasteiger partial charge in [0, 0.05) is 31.1 Å². The fourth-order valence-electron chi connectivity index (χ4n) is 3.48. The van der Waals surface area contributed by atoms with Crippen molar-refractivity contribution in [1.82, 2.24) is 9.47 Å². The van der Waals surface area contributed by atoms with Crippen LogP contribution in [0.15, 0.2) is 46.9 Å². The molecule has 3 rings (SSSR count). The van der Waals surface area contributed by atoms with E-state index in [1.807, 2.05) is 43.3 Å². The summed E-state index contributed by atoms with van der Waals surface area (Å²) in [6.45, 7) is 4.56. The predicted molar refractivity (Wildman–Crippen MR) is 127 cm³/mol. The van der Waals surface area contributed by atoms with Gasteiger partial charge < -0.3 is 18.9 Å². The maximum absolute atomic E-state index is 13.0. The van der Waals surface area contributed by atoms with Gasteiger partial charge >= 0.3 is 11.9 Å². The highest BCUT2D eigenvalue weighted by Crippen LogP contribution is 2.36. The number of fused-ring (bicyclic) bond motifs is 1. The van der Waals surface area contributed by atoms with E-state index >= 15 is 0 Å². The van der Waals surface area contributed by atoms with Gasteiger partial charge in [-0.05, 0) is 54.6 Å². The second-order valence-corrected chi connectivity index (χ2v) is 8.10. The second kappa shape index (κ2) is 10.8. The van der Waals surface area contributed by atoms with Crippen LogP contribution in [0.4, 0.5) is 0 Å². The van der Waals surface area contributed by atoms with E-state index in [9.17, 15) is 9.59 Å². The minimum absolute atomic E-state index is 0. The summed E-state index contributed by atoms with van der Waals surface area (Å²) in [6.07, 6.45) is 0. The number of ether oxygens (including phenoxy) is 2. The van der Waals surface area contributed by atoms with Crippen LogP contribution in [0.1, 0.15) is 35.5 Å². The first-order valence-electron chi connectivity index (χ1n) is 9.70. The Kier molecular flexibility index (Phi) is 8.68. The topological polar surface area (TPSA) is 60.8 Å². The van der Waals surface area contributed by atoms with Crippen molar-refractivity contribution in [2.75, 3.05) is 20.7 Å². The summed E-state index contributed by atoms with van der Waals surface area (Å²) in [4.78, 5) is 26.5. The molecule has 0 bridgehead atoms. The zero-order valence-electron chi connectivity index (χ0n) is 18.0. The summed E-state index contributed by atoms with van der Waals surface area (Å²) in [5.74, 6) is -0.443. The average molecular weight is 510 g/mol. The van der Waals surface area contributed by atoms with Crippen molar-refractivity contribution in [3.05, 3.63) is 63.8 Å². The van der Waals surface area contributed by atoms with E-state index in [-0.39, 0.29) is 25.0 Å². The van der Waals surface area contributed by atoms with Crippen LogP contribution in [0.3, 0.4) is 0 Å². The third kappa shape index (κ3) is 5.67. The number of aromatic nitrogens is 1. The van der Waals surface area contributed by atoms with Gasteiger partial charge in [0.1, 0.15) is 5.75 Å². The summed E-state index contributed by atoms with van der Waals surface area (Å²) in [7, 11) is 3.92. The Balaban J connectivity index is 0.00000341. The lowest BCUT2D eigenvalue weighted by molar-refractivity contribution is -0.131. The molecule has 0 atom stereocenters. The Hall–Kier alpha value is -2.35. The third-order valence-corrected chi connectivity index (χ3v) is 5.23. The molecule has 1 aromatic heterocycles. The number of hydrogen-bond acceptors (Lipinski definition) is 5. The van der Waals surface area contributed by atoms with Crippen LogP contribution in [0, 0.1) is 0 Å². The number of halogens is 2. The van der Waals surface area contributed by atoms with E-state index < -0.39 is 5.97 Å². The van der Waals surface area contributed by atoms with Gasteiger partial charge in [-0.2, -0.15) is 0 Å². The molecule has 6 nitrogen and oxygen atoms in total. The van der Waals surface area contributed by atoms with Crippen LogP contribution in [0.2, 0.25) is 0 Å². The lowest BCUT2D eigenvalue weighted by Gasteiger charge is -2.16. The van der Waals surface area contributed by atoms with E-state index in [2.05, 4.69) is 32.6 Å². The van der Waals surface area contributed by atoms with E-state index in [0.717, 1.165) is 16.8 Å². The first-order valence-corrected chi connectivity index (χ1v) is 10.5. The van der Waals surface area contributed by atoms with Gasteiger partial charge in [0.2, 0.25) is 0 Å². The van der Waals surface area contributed by atoms with Crippen molar-refractivity contribution in [3.63, 3.8) is 0 Å². The number of benzene rings is 2. The lowest BCUT2D eigenvalue weighted by Crippen LogP contribution is -2.18. The number of nitrogens with zero attached hydrogens (tertiary/aromatic N) is 2. The van der Waals surface area contributed by atoms with Crippen molar-refractivity contribution in [2.24, 2.45) is 0 Å². The van der Waals surface area contributed by atoms with Crippen molar-refractivity contribution < 1.29 is 19.1 Å². The maximum Gasteiger partial charge on any atom is 0.340 e. The minimum atomic E-state index is -0.426. The van der Waals surface area contributed by atoms with Crippen molar-refractivity contribution in [1.29, 1.82) is 0 Å². The van der Waals surface area contributed by atoms with Gasteiger partial charge in [0.25, 0.3) is 0 Å². The minimum Gasteiger partial charge on any atom is -0.462 e. The third-order valence-electron chi connectivity index (χ3n) is 4.61. The Morgan fingerprint density at radius 2 is 1.81 bits per heavy atom. The van der Waals surface area contributed by atoms with Crippen LogP contribution in [0.5, 0.6) is 5.75 Å². The van der Waals surface area contributed by atoms with Crippen LogP contribution in [-0.2, 0) is 22.6 Å². The van der Waals surface area contributed by atoms with Gasteiger partial charge in [-0.3, -0.25) is 4.79 Å². The quantitative estimate of drug-likeness (QED) is 0.330. The molecule has 0 radical (unpaired) electrons. The predicted octanol–water partition coefficient (Wildman–Crippen LogP) is 5.04. The molecular formula is C23H26BrClN2O4. The van der Waals surface area contributed by atoms with E-state index in [1.165, 1.54) is 6.92 Å². The van der Waals surface area contributed by atoms with E-state index in [0.29, 0.717) is 34.3 Å². The van der Waals surface area contributed by atoms with Crippen LogP contribution in [0.25, 0.3) is 10.9 Å². The molecule has 0 aliphatic carbocycles. The summed E-state index contributed by atoms with van der Waals surface area (Å²) in [5.41, 5.74) is 3.33. The molecule has 31 heavy (non-hydrogen) atoms. The summed E-state index contributed by atoms with van der Waals surface area (Å²) in [5, 5.41) is 0.695. The zero-order valence-corrected chi connectivity index (χ0v) is 20.4. The van der Waals surface area contributed by atoms with Gasteiger partial charge in [0.15, 0.2) is 0 Å². The second-order valence-electron chi connectivity index (χ2n) is 7.25. The molecule has 0 saturated heterocycles. The molecule has 0 aliphatic rings. The first kappa shape index (κ1) is 24.9. The van der Waals surface area contributed by atoms with Crippen LogP contribution in [-0.4, -0.2) is 42.1 Å². The van der Waals surface area contributed by atoms with Gasteiger partial charge in [-0.25, -0.2) is 4.79 Å². The fourth-order valence-corrected chi connectivity index (χ4v) is 3.89. The molecule has 2 aromatic carbocycles. The van der Waals surface area contributed by atoms with Crippen LogP contribution < -0.4 is 4.74 Å². The summed E-state index contributed by atoms with van der Waals surface area (Å²) >= 11 is 3.50. The smallest absolute Gasteiger partial charge is 0.340 e. The van der Waals surface area contributed by atoms with Gasteiger partial charge in [0.05, 0.1) is 22.2 Å². The van der Waals surface area contributed by atoms with Gasteiger partial charge in [-0.1, -0.05) is 30.3 Å². The molecular weight excluding hydrogens is 484 g/mol. The molecule has 0 saturated carbocycles. The average Bonchev–Trinajstić information content (AvgIpc) is 2.94. The highest BCUT2D eigenvalue weighted by atomic mass is 79.9. The molecule has 166 valence electrons. The Bertz CT molecular complexity index is 1080. The first-order chi connectivity index (χ1) is 14.3. The molecule has 0 N–H and O–H groups in total. The standard InChI is InChI=1S/C23H25BrN2O4.ClH/c1-5-29-23(28)22-17-11-21(30-15(2)27)18(24)12-19(17)26(20(22)14-25(3)4)13-16-9-7-6-8-10-16;/h6-12H,5,13-14H2,1-4H3;1H. The number of hydrogen-bond donors (Lipinski definition) is 0. The maximum atomic E-state index is 13.0.